The number of halogens is 1. The predicted octanol–water partition coefficient (Wildman–Crippen LogP) is 3.27. The molecule has 4 rings (SSSR count). The van der Waals surface area contributed by atoms with Gasteiger partial charge in [0.1, 0.15) is 11.7 Å². The van der Waals surface area contributed by atoms with Gasteiger partial charge in [-0.1, -0.05) is 0 Å². The molecule has 8 N–H and O–H groups in total. The van der Waals surface area contributed by atoms with Crippen LogP contribution in [0.15, 0.2) is 53.1 Å². The Hall–Kier alpha value is -3.37. The largest absolute Gasteiger partial charge is 0.384 e. The van der Waals surface area contributed by atoms with Crippen LogP contribution >= 0.6 is 15.9 Å². The molecular formula is C17H16BrN9. The number of amidine groups is 1. The predicted molar refractivity (Wildman–Crippen MR) is 111 cm³/mol. The Balaban J connectivity index is 1.53. The molecule has 0 saturated carbocycles. The summed E-state index contributed by atoms with van der Waals surface area (Å²) in [4.78, 5) is 8.80. The van der Waals surface area contributed by atoms with Crippen molar-refractivity contribution in [1.29, 1.82) is 5.41 Å². The SMILES string of the molecule is N=C(N)c1ccc(Nc2ncc(Br)c(Nc3ccc4c(c3)NNN4)n2)cc1. The van der Waals surface area contributed by atoms with Gasteiger partial charge in [-0.05, 0) is 58.4 Å². The Morgan fingerprint density at radius 3 is 2.52 bits per heavy atom. The van der Waals surface area contributed by atoms with Crippen LogP contribution in [0.2, 0.25) is 0 Å². The van der Waals surface area contributed by atoms with Crippen molar-refractivity contribution in [3.05, 3.63) is 58.7 Å². The summed E-state index contributed by atoms with van der Waals surface area (Å²) in [6.07, 6.45) is 1.68. The smallest absolute Gasteiger partial charge is 0.229 e. The van der Waals surface area contributed by atoms with E-state index in [4.69, 9.17) is 11.1 Å². The maximum Gasteiger partial charge on any atom is 0.229 e. The van der Waals surface area contributed by atoms with Gasteiger partial charge in [0.25, 0.3) is 0 Å². The fraction of sp³-hybridized carbons (Fsp3) is 0. The van der Waals surface area contributed by atoms with Crippen molar-refractivity contribution in [1.82, 2.24) is 15.5 Å². The Morgan fingerprint density at radius 2 is 1.74 bits per heavy atom. The summed E-state index contributed by atoms with van der Waals surface area (Å²) in [7, 11) is 0. The second-order valence-electron chi connectivity index (χ2n) is 5.77. The summed E-state index contributed by atoms with van der Waals surface area (Å²) in [5.74, 6) is 1.10. The van der Waals surface area contributed by atoms with Crippen LogP contribution in [-0.2, 0) is 0 Å². The first-order valence-electron chi connectivity index (χ1n) is 8.00. The molecule has 1 aromatic heterocycles. The highest BCUT2D eigenvalue weighted by Crippen LogP contribution is 2.31. The van der Waals surface area contributed by atoms with E-state index in [1.807, 2.05) is 30.3 Å². The first-order chi connectivity index (χ1) is 13.1. The molecule has 136 valence electrons. The zero-order valence-electron chi connectivity index (χ0n) is 14.0. The van der Waals surface area contributed by atoms with Gasteiger partial charge in [-0.3, -0.25) is 5.41 Å². The number of nitrogen functional groups attached to an aromatic ring is 1. The van der Waals surface area contributed by atoms with Crippen LogP contribution in [0.25, 0.3) is 0 Å². The van der Waals surface area contributed by atoms with Gasteiger partial charge in [-0.2, -0.15) is 4.98 Å². The third-order valence-electron chi connectivity index (χ3n) is 3.87. The van der Waals surface area contributed by atoms with Gasteiger partial charge >= 0.3 is 0 Å². The molecule has 0 fully saturated rings. The van der Waals surface area contributed by atoms with Crippen LogP contribution in [0.4, 0.5) is 34.5 Å². The standard InChI is InChI=1S/C17H16BrN9/c18-12-8-21-17(23-10-3-1-9(2-4-10)15(19)20)24-16(12)22-11-5-6-13-14(7-11)26-27-25-13/h1-8,25-27H,(H3,19,20)(H2,21,22,23,24). The van der Waals surface area contributed by atoms with Gasteiger partial charge in [0, 0.05) is 23.1 Å². The minimum absolute atomic E-state index is 0.0298. The number of nitrogens with zero attached hydrogens (tertiary/aromatic N) is 2. The quantitative estimate of drug-likeness (QED) is 0.244. The number of nitrogens with one attached hydrogen (secondary N) is 6. The van der Waals surface area contributed by atoms with E-state index in [2.05, 4.69) is 52.9 Å². The molecule has 0 amide bonds. The monoisotopic (exact) mass is 425 g/mol. The molecule has 0 unspecified atom stereocenters. The summed E-state index contributed by atoms with van der Waals surface area (Å²) in [6.45, 7) is 0. The fourth-order valence-electron chi connectivity index (χ4n) is 2.51. The van der Waals surface area contributed by atoms with E-state index in [0.717, 1.165) is 27.2 Å². The summed E-state index contributed by atoms with van der Waals surface area (Å²) in [5.41, 5.74) is 18.6. The maximum atomic E-state index is 7.44. The number of anilines is 6. The molecule has 0 bridgehead atoms. The van der Waals surface area contributed by atoms with E-state index in [1.54, 1.807) is 18.3 Å². The van der Waals surface area contributed by atoms with E-state index in [9.17, 15) is 0 Å². The average molecular weight is 426 g/mol. The van der Waals surface area contributed by atoms with Crippen LogP contribution in [0.3, 0.4) is 0 Å². The maximum absolute atomic E-state index is 7.44. The summed E-state index contributed by atoms with van der Waals surface area (Å²) < 4.78 is 0.740. The Bertz CT molecular complexity index is 1000. The number of hydrazine groups is 2. The lowest BCUT2D eigenvalue weighted by molar-refractivity contribution is 1.01. The fourth-order valence-corrected chi connectivity index (χ4v) is 2.80. The van der Waals surface area contributed by atoms with Gasteiger partial charge in [0.05, 0.1) is 15.8 Å². The molecular weight excluding hydrogens is 410 g/mol. The summed E-state index contributed by atoms with van der Waals surface area (Å²) in [5, 5.41) is 13.9. The van der Waals surface area contributed by atoms with E-state index in [-0.39, 0.29) is 5.84 Å². The number of aromatic nitrogens is 2. The minimum atomic E-state index is 0.0298. The van der Waals surface area contributed by atoms with Gasteiger partial charge in [-0.25, -0.2) is 4.98 Å². The van der Waals surface area contributed by atoms with E-state index < -0.39 is 0 Å². The van der Waals surface area contributed by atoms with Crippen LogP contribution in [0.5, 0.6) is 0 Å². The zero-order chi connectivity index (χ0) is 18.8. The van der Waals surface area contributed by atoms with Gasteiger partial charge in [0.2, 0.25) is 5.95 Å². The van der Waals surface area contributed by atoms with Crippen molar-refractivity contribution in [2.45, 2.75) is 0 Å². The molecule has 2 heterocycles. The molecule has 0 aliphatic carbocycles. The molecule has 3 aromatic rings. The van der Waals surface area contributed by atoms with E-state index >= 15 is 0 Å². The van der Waals surface area contributed by atoms with E-state index in [1.165, 1.54) is 0 Å². The van der Waals surface area contributed by atoms with Crippen molar-refractivity contribution in [2.75, 3.05) is 21.5 Å². The number of hydrogen-bond donors (Lipinski definition) is 7. The molecule has 9 nitrogen and oxygen atoms in total. The first-order valence-corrected chi connectivity index (χ1v) is 8.80. The number of fused-ring (bicyclic) bond motifs is 1. The van der Waals surface area contributed by atoms with Crippen molar-refractivity contribution in [3.8, 4) is 0 Å². The lowest BCUT2D eigenvalue weighted by atomic mass is 10.2. The van der Waals surface area contributed by atoms with E-state index in [0.29, 0.717) is 17.3 Å². The third-order valence-corrected chi connectivity index (χ3v) is 4.45. The summed E-state index contributed by atoms with van der Waals surface area (Å²) in [6, 6.07) is 13.0. The first kappa shape index (κ1) is 17.1. The number of benzene rings is 2. The number of rotatable bonds is 5. The lowest BCUT2D eigenvalue weighted by Crippen LogP contribution is -2.19. The van der Waals surface area contributed by atoms with Gasteiger partial charge < -0.3 is 27.2 Å². The molecule has 1 aliphatic rings. The second-order valence-corrected chi connectivity index (χ2v) is 6.62. The van der Waals surface area contributed by atoms with Crippen molar-refractivity contribution < 1.29 is 0 Å². The van der Waals surface area contributed by atoms with Crippen LogP contribution in [0.1, 0.15) is 5.56 Å². The normalized spacial score (nSPS) is 11.9. The molecule has 0 radical (unpaired) electrons. The highest BCUT2D eigenvalue weighted by atomic mass is 79.9. The lowest BCUT2D eigenvalue weighted by Gasteiger charge is -2.11. The molecule has 0 spiro atoms. The Kier molecular flexibility index (Phi) is 4.48. The van der Waals surface area contributed by atoms with Crippen molar-refractivity contribution in [3.63, 3.8) is 0 Å². The van der Waals surface area contributed by atoms with Crippen molar-refractivity contribution >= 4 is 56.3 Å². The summed E-state index contributed by atoms with van der Waals surface area (Å²) >= 11 is 3.47. The number of hydrogen-bond acceptors (Lipinski definition) is 8. The molecule has 0 atom stereocenters. The second kappa shape index (κ2) is 7.09. The molecule has 2 aromatic carbocycles. The molecule has 0 saturated heterocycles. The molecule has 1 aliphatic heterocycles. The third kappa shape index (κ3) is 3.76. The topological polar surface area (TPSA) is 136 Å². The van der Waals surface area contributed by atoms with Crippen LogP contribution in [-0.4, -0.2) is 15.8 Å². The number of nitrogens with two attached hydrogens (primary N) is 1. The molecule has 27 heavy (non-hydrogen) atoms. The highest BCUT2D eigenvalue weighted by Gasteiger charge is 2.11. The van der Waals surface area contributed by atoms with Gasteiger partial charge in [-0.15, -0.1) is 5.53 Å². The minimum Gasteiger partial charge on any atom is -0.384 e. The Morgan fingerprint density at radius 1 is 1.00 bits per heavy atom. The average Bonchev–Trinajstić information content (AvgIpc) is 3.13. The van der Waals surface area contributed by atoms with Crippen molar-refractivity contribution in [2.24, 2.45) is 5.73 Å². The Labute approximate surface area is 163 Å². The van der Waals surface area contributed by atoms with Gasteiger partial charge in [0.15, 0.2) is 0 Å². The van der Waals surface area contributed by atoms with Crippen LogP contribution < -0.4 is 32.8 Å². The molecule has 10 heteroatoms. The highest BCUT2D eigenvalue weighted by molar-refractivity contribution is 9.10. The van der Waals surface area contributed by atoms with Crippen LogP contribution in [0, 0.1) is 5.41 Å². The zero-order valence-corrected chi connectivity index (χ0v) is 15.6.